The van der Waals surface area contributed by atoms with Gasteiger partial charge in [0.2, 0.25) is 5.91 Å². The molecule has 2 aromatic rings. The number of nitrogens with zero attached hydrogens (tertiary/aromatic N) is 3. The topological polar surface area (TPSA) is 55.2 Å². The fourth-order valence-electron chi connectivity index (χ4n) is 3.88. The van der Waals surface area contributed by atoms with Gasteiger partial charge in [0.15, 0.2) is 5.16 Å². The van der Waals surface area contributed by atoms with Gasteiger partial charge in [0.05, 0.1) is 22.9 Å². The molecule has 2 aliphatic rings. The molecule has 1 atom stereocenters. The molecule has 154 valence electrons. The molecule has 1 fully saturated rings. The summed E-state index contributed by atoms with van der Waals surface area (Å²) < 4.78 is 1.75. The van der Waals surface area contributed by atoms with E-state index in [2.05, 4.69) is 6.92 Å². The molecule has 7 heteroatoms. The number of hydrogen-bond donors (Lipinski definition) is 0. The van der Waals surface area contributed by atoms with E-state index in [1.54, 1.807) is 16.3 Å². The first-order valence-corrected chi connectivity index (χ1v) is 12.2. The van der Waals surface area contributed by atoms with Crippen LogP contribution in [0.3, 0.4) is 0 Å². The van der Waals surface area contributed by atoms with Crippen LogP contribution in [0, 0.1) is 0 Å². The summed E-state index contributed by atoms with van der Waals surface area (Å²) in [5, 5.41) is 1.03. The Morgan fingerprint density at radius 2 is 1.90 bits per heavy atom. The summed E-state index contributed by atoms with van der Waals surface area (Å²) in [5.41, 5.74) is 1.98. The van der Waals surface area contributed by atoms with Crippen LogP contribution >= 0.6 is 23.5 Å². The number of likely N-dealkylation sites (tertiary alicyclic amines) is 1. The Labute approximate surface area is 180 Å². The fourth-order valence-corrected chi connectivity index (χ4v) is 5.92. The van der Waals surface area contributed by atoms with Crippen molar-refractivity contribution >= 4 is 29.4 Å². The molecule has 1 aromatic carbocycles. The third-order valence-corrected chi connectivity index (χ3v) is 7.61. The lowest BCUT2D eigenvalue weighted by Crippen LogP contribution is -2.33. The third-order valence-electron chi connectivity index (χ3n) is 5.43. The second kappa shape index (κ2) is 9.39. The number of fused-ring (bicyclic) bond motifs is 1. The van der Waals surface area contributed by atoms with Gasteiger partial charge in [-0.3, -0.25) is 14.2 Å². The number of carbonyl (C=O) groups is 1. The Morgan fingerprint density at radius 1 is 1.17 bits per heavy atom. The Morgan fingerprint density at radius 3 is 2.62 bits per heavy atom. The predicted octanol–water partition coefficient (Wildman–Crippen LogP) is 3.82. The molecular weight excluding hydrogens is 402 g/mol. The number of rotatable bonds is 5. The Balaban J connectivity index is 1.57. The van der Waals surface area contributed by atoms with Gasteiger partial charge in [-0.05, 0) is 18.4 Å². The summed E-state index contributed by atoms with van der Waals surface area (Å²) in [4.78, 5) is 33.5. The number of carbonyl (C=O) groups excluding carboxylic acids is 1. The molecule has 3 heterocycles. The van der Waals surface area contributed by atoms with Crippen LogP contribution in [0.5, 0.6) is 0 Å². The van der Waals surface area contributed by atoms with Crippen LogP contribution in [0.1, 0.15) is 43.9 Å². The largest absolute Gasteiger partial charge is 0.342 e. The molecule has 0 saturated carbocycles. The highest BCUT2D eigenvalue weighted by Gasteiger charge is 2.27. The molecule has 29 heavy (non-hydrogen) atoms. The van der Waals surface area contributed by atoms with E-state index in [0.717, 1.165) is 48.5 Å². The monoisotopic (exact) mass is 429 g/mol. The van der Waals surface area contributed by atoms with Crippen LogP contribution in [-0.2, 0) is 17.8 Å². The maximum atomic E-state index is 13.2. The molecule has 1 amide bonds. The Hall–Kier alpha value is -1.73. The number of aromatic nitrogens is 2. The minimum atomic E-state index is 0.0259. The van der Waals surface area contributed by atoms with Crippen molar-refractivity contribution in [3.05, 3.63) is 51.9 Å². The number of thioether (sulfide) groups is 2. The van der Waals surface area contributed by atoms with Crippen molar-refractivity contribution in [2.75, 3.05) is 18.8 Å². The standard InChI is InChI=1S/C22H27N3O2S2/c1-16-13-18-20(29-16)21(27)25(14-17-9-5-4-6-10-17)22(23-18)28-15-19(26)24-11-7-2-3-8-12-24/h4-6,9-10,16H,2-3,7-8,11-15H2,1H3/t16-/m1/s1. The smallest absolute Gasteiger partial charge is 0.268 e. The van der Waals surface area contributed by atoms with E-state index in [4.69, 9.17) is 4.98 Å². The zero-order valence-electron chi connectivity index (χ0n) is 16.8. The average Bonchev–Trinajstić information content (AvgIpc) is 2.92. The summed E-state index contributed by atoms with van der Waals surface area (Å²) in [6.07, 6.45) is 5.39. The molecule has 0 aliphatic carbocycles. The number of hydrogen-bond acceptors (Lipinski definition) is 5. The molecular formula is C22H27N3O2S2. The quantitative estimate of drug-likeness (QED) is 0.534. The van der Waals surface area contributed by atoms with Crippen molar-refractivity contribution in [2.24, 2.45) is 0 Å². The van der Waals surface area contributed by atoms with Crippen LogP contribution in [0.25, 0.3) is 0 Å². The van der Waals surface area contributed by atoms with Crippen molar-refractivity contribution in [2.45, 2.75) is 60.9 Å². The van der Waals surface area contributed by atoms with E-state index in [-0.39, 0.29) is 11.5 Å². The van der Waals surface area contributed by atoms with Crippen molar-refractivity contribution in [1.82, 2.24) is 14.5 Å². The summed E-state index contributed by atoms with van der Waals surface area (Å²) in [6, 6.07) is 9.97. The highest BCUT2D eigenvalue weighted by atomic mass is 32.2. The highest BCUT2D eigenvalue weighted by molar-refractivity contribution is 8.00. The van der Waals surface area contributed by atoms with Gasteiger partial charge in [-0.2, -0.15) is 0 Å². The van der Waals surface area contributed by atoms with Gasteiger partial charge < -0.3 is 4.90 Å². The van der Waals surface area contributed by atoms with Crippen LogP contribution < -0.4 is 5.56 Å². The average molecular weight is 430 g/mol. The first-order valence-electron chi connectivity index (χ1n) is 10.4. The summed E-state index contributed by atoms with van der Waals surface area (Å²) in [7, 11) is 0. The van der Waals surface area contributed by atoms with E-state index >= 15 is 0 Å². The Bertz CT molecular complexity index is 922. The predicted molar refractivity (Wildman–Crippen MR) is 119 cm³/mol. The lowest BCUT2D eigenvalue weighted by molar-refractivity contribution is -0.128. The maximum absolute atomic E-state index is 13.2. The van der Waals surface area contributed by atoms with Gasteiger partial charge in [0.25, 0.3) is 5.56 Å². The molecule has 0 unspecified atom stereocenters. The van der Waals surface area contributed by atoms with Crippen LogP contribution in [0.4, 0.5) is 0 Å². The molecule has 2 aliphatic heterocycles. The number of amides is 1. The summed E-state index contributed by atoms with van der Waals surface area (Å²) in [6.45, 7) is 4.31. The van der Waals surface area contributed by atoms with Crippen molar-refractivity contribution in [3.8, 4) is 0 Å². The third kappa shape index (κ3) is 4.89. The molecule has 0 bridgehead atoms. The second-order valence-electron chi connectivity index (χ2n) is 7.76. The zero-order valence-corrected chi connectivity index (χ0v) is 18.4. The van der Waals surface area contributed by atoms with Gasteiger partial charge in [-0.25, -0.2) is 4.98 Å². The molecule has 4 rings (SSSR count). The Kier molecular flexibility index (Phi) is 6.65. The van der Waals surface area contributed by atoms with Gasteiger partial charge in [-0.1, -0.05) is 61.9 Å². The molecule has 0 radical (unpaired) electrons. The van der Waals surface area contributed by atoms with Gasteiger partial charge >= 0.3 is 0 Å². The van der Waals surface area contributed by atoms with E-state index in [0.29, 0.717) is 22.7 Å². The lowest BCUT2D eigenvalue weighted by Gasteiger charge is -2.20. The van der Waals surface area contributed by atoms with Crippen LogP contribution in [-0.4, -0.2) is 44.5 Å². The van der Waals surface area contributed by atoms with E-state index < -0.39 is 0 Å². The van der Waals surface area contributed by atoms with Gasteiger partial charge in [0, 0.05) is 24.8 Å². The minimum absolute atomic E-state index is 0.0259. The number of benzene rings is 1. The highest BCUT2D eigenvalue weighted by Crippen LogP contribution is 2.34. The first-order chi connectivity index (χ1) is 14.1. The molecule has 0 N–H and O–H groups in total. The van der Waals surface area contributed by atoms with E-state index in [9.17, 15) is 9.59 Å². The summed E-state index contributed by atoms with van der Waals surface area (Å²) >= 11 is 3.03. The van der Waals surface area contributed by atoms with E-state index in [1.165, 1.54) is 24.6 Å². The first kappa shape index (κ1) is 20.5. The second-order valence-corrected chi connectivity index (χ2v) is 10.2. The lowest BCUT2D eigenvalue weighted by atomic mass is 10.2. The minimum Gasteiger partial charge on any atom is -0.342 e. The van der Waals surface area contributed by atoms with Crippen LogP contribution in [0.15, 0.2) is 45.2 Å². The molecule has 1 saturated heterocycles. The summed E-state index contributed by atoms with van der Waals surface area (Å²) in [5.74, 6) is 0.489. The van der Waals surface area contributed by atoms with Crippen molar-refractivity contribution < 1.29 is 4.79 Å². The molecule has 5 nitrogen and oxygen atoms in total. The molecule has 0 spiro atoms. The zero-order chi connectivity index (χ0) is 20.2. The van der Waals surface area contributed by atoms with Crippen LogP contribution in [0.2, 0.25) is 0 Å². The molecule has 1 aromatic heterocycles. The normalized spacial score (nSPS) is 19.1. The van der Waals surface area contributed by atoms with E-state index in [1.807, 2.05) is 35.2 Å². The van der Waals surface area contributed by atoms with Gasteiger partial charge in [0.1, 0.15) is 0 Å². The van der Waals surface area contributed by atoms with Crippen molar-refractivity contribution in [3.63, 3.8) is 0 Å². The SMILES string of the molecule is C[C@@H]1Cc2nc(SCC(=O)N3CCCCCC3)n(Cc3ccccc3)c(=O)c2S1. The maximum Gasteiger partial charge on any atom is 0.268 e. The van der Waals surface area contributed by atoms with Crippen molar-refractivity contribution in [1.29, 1.82) is 0 Å². The fraction of sp³-hybridized carbons (Fsp3) is 0.500. The van der Waals surface area contributed by atoms with Gasteiger partial charge in [-0.15, -0.1) is 11.8 Å².